The summed E-state index contributed by atoms with van der Waals surface area (Å²) in [6.07, 6.45) is 14.3. The highest BCUT2D eigenvalue weighted by molar-refractivity contribution is 7.89. The number of amides is 4. The van der Waals surface area contributed by atoms with E-state index in [1.807, 2.05) is 166 Å². The fourth-order valence-electron chi connectivity index (χ4n) is 22.5. The normalized spacial score (nSPS) is 26.2. The smallest absolute Gasteiger partial charge is 0.251 e. The molecule has 2 unspecified atom stereocenters. The van der Waals surface area contributed by atoms with E-state index in [4.69, 9.17) is 28.3 Å². The summed E-state index contributed by atoms with van der Waals surface area (Å²) in [7, 11) is 5.05. The van der Waals surface area contributed by atoms with E-state index in [2.05, 4.69) is 117 Å². The summed E-state index contributed by atoms with van der Waals surface area (Å²) in [4.78, 5) is 78.7. The third-order valence-electron chi connectivity index (χ3n) is 31.5. The number of ether oxygens (including phenoxy) is 3. The van der Waals surface area contributed by atoms with Gasteiger partial charge in [0.05, 0.1) is 103 Å². The number of aliphatic hydroxyl groups is 5. The van der Waals surface area contributed by atoms with E-state index in [-0.39, 0.29) is 160 Å². The Morgan fingerprint density at radius 1 is 0.621 bits per heavy atom. The molecule has 6 saturated carbocycles. The number of nitrogens with zero attached hydrogens (tertiary/aromatic N) is 6. The van der Waals surface area contributed by atoms with Crippen LogP contribution in [0.4, 0.5) is 5.69 Å². The minimum absolute atomic E-state index is 0. The van der Waals surface area contributed by atoms with Crippen molar-refractivity contribution in [1.82, 2.24) is 55.5 Å². The van der Waals surface area contributed by atoms with Gasteiger partial charge in [0.2, 0.25) is 31.9 Å². The van der Waals surface area contributed by atoms with E-state index in [9.17, 15) is 61.5 Å². The van der Waals surface area contributed by atoms with E-state index in [0.717, 1.165) is 55.5 Å². The fraction of sp³-hybridized carbons (Fsp3) is 0.670. The molecule has 824 valence electrons. The lowest BCUT2D eigenvalue weighted by atomic mass is 9.45. The molecular formula is C109H186N12O19S4Si. The van der Waals surface area contributed by atoms with Gasteiger partial charge in [0.25, 0.3) is 11.8 Å². The van der Waals surface area contributed by atoms with Gasteiger partial charge >= 0.3 is 0 Å². The highest BCUT2D eigenvalue weighted by atomic mass is 32.2. The van der Waals surface area contributed by atoms with Crippen molar-refractivity contribution in [3.05, 3.63) is 166 Å². The summed E-state index contributed by atoms with van der Waals surface area (Å²) >= 11 is 0. The molecule has 4 bridgehead atoms. The zero-order valence-corrected chi connectivity index (χ0v) is 91.5. The number of hydrogen-bond acceptors (Lipinski definition) is 25. The van der Waals surface area contributed by atoms with Crippen LogP contribution in [0.2, 0.25) is 18.1 Å². The van der Waals surface area contributed by atoms with Crippen molar-refractivity contribution in [2.24, 2.45) is 70.0 Å². The van der Waals surface area contributed by atoms with Gasteiger partial charge in [-0.25, -0.2) is 26.3 Å². The lowest BCUT2D eigenvalue weighted by Gasteiger charge is -2.62. The van der Waals surface area contributed by atoms with E-state index in [0.29, 0.717) is 126 Å². The molecule has 4 amide bonds. The predicted octanol–water partition coefficient (Wildman–Crippen LogP) is 13.3. The number of fused-ring (bicyclic) bond motifs is 4. The van der Waals surface area contributed by atoms with Crippen molar-refractivity contribution in [2.45, 2.75) is 262 Å². The molecule has 0 radical (unpaired) electrons. The molecule has 15 rings (SSSR count). The second-order valence-corrected chi connectivity index (χ2v) is 51.8. The number of carbonyl (C=O) groups excluding carboxylic acids is 4. The van der Waals surface area contributed by atoms with Crippen molar-refractivity contribution >= 4 is 84.7 Å². The van der Waals surface area contributed by atoms with E-state index in [1.165, 1.54) is 25.7 Å². The van der Waals surface area contributed by atoms with Crippen LogP contribution in [0.5, 0.6) is 5.75 Å². The minimum Gasteiger partial charge on any atom is -0.500 e. The zero-order chi connectivity index (χ0) is 101. The van der Waals surface area contributed by atoms with E-state index < -0.39 is 107 Å². The maximum Gasteiger partial charge on any atom is 0.251 e. The number of allylic oxidation sites excluding steroid dienone is 4. The Morgan fingerprint density at radius 2 is 1.10 bits per heavy atom. The monoisotopic (exact) mass is 2120 g/mol. The molecule has 22 atom stereocenters. The van der Waals surface area contributed by atoms with Crippen LogP contribution in [0.15, 0.2) is 144 Å². The van der Waals surface area contributed by atoms with Gasteiger partial charge in [-0.05, 0) is 205 Å². The summed E-state index contributed by atoms with van der Waals surface area (Å²) in [6, 6.07) is 25.1. The van der Waals surface area contributed by atoms with Crippen molar-refractivity contribution in [3.63, 3.8) is 0 Å². The van der Waals surface area contributed by atoms with Crippen LogP contribution in [-0.2, 0) is 64.5 Å². The number of aliphatic hydroxyl groups excluding tert-OH is 5. The third kappa shape index (κ3) is 32.1. The number of para-hydroxylation sites is 1. The number of hydroxylamine groups is 4. The van der Waals surface area contributed by atoms with Crippen molar-refractivity contribution < 1.29 is 89.9 Å². The Hall–Kier alpha value is -6.86. The maximum atomic E-state index is 14.8. The van der Waals surface area contributed by atoms with Crippen LogP contribution >= 0.6 is 27.0 Å². The molecule has 11 aliphatic rings. The molecule has 11 N–H and O–H groups in total. The molecule has 4 aromatic carbocycles. The Balaban J connectivity index is 0.000000552. The van der Waals surface area contributed by atoms with Crippen LogP contribution in [0.3, 0.4) is 0 Å². The first kappa shape index (κ1) is 130. The predicted molar refractivity (Wildman–Crippen MR) is 595 cm³/mol. The summed E-state index contributed by atoms with van der Waals surface area (Å²) in [6.45, 7) is 31.5. The molecule has 3 aliphatic heterocycles. The Bertz CT molecular complexity index is 5140. The molecule has 3 saturated heterocycles. The van der Waals surface area contributed by atoms with Gasteiger partial charge in [0.15, 0.2) is 8.32 Å². The number of methoxy groups -OCH3 is 2. The first-order valence-corrected chi connectivity index (χ1v) is 56.1. The fourth-order valence-corrected chi connectivity index (χ4v) is 25.1. The number of likely N-dealkylation sites (N-methyl/N-ethyl adjacent to an activating group) is 4. The highest BCUT2D eigenvalue weighted by Gasteiger charge is 2.60. The summed E-state index contributed by atoms with van der Waals surface area (Å²) < 4.78 is 80.5. The van der Waals surface area contributed by atoms with Crippen LogP contribution in [0.1, 0.15) is 204 Å². The standard InChI is InChI=1S/C53H82N6O9SSi.C47H72N6O9S.C4H8O.5CH4.2H2S/c1-33-42-28-39(53(42,6)7)29-43(33)54-51(63)48-46(34(2)61)45(32-60)68-59(48)30-36-21-18-22-41(49(36)66-11)37-25-38(27-40(26-37)58(10)23-24-67-70(13,14)52(3,4)5)50(62)55-44(31-57(8)9)47(56-69(12,64)65)35-19-16-15-17-20-35;1-28-37-23-34(47(37,3)4)24-38(28)48-46(58)43-41(29(2)56)40(27-55)62-53(43)25-31-16-13-17-36(44(31)61-8)32-20-33(22-35(21-32)52(7)18-19-54)45(57)49-39(26-51(5)6)42(50-63(9,59)60)30-14-11-10-12-15-30;1-2-4-5-3-1;;;;;;;/h15-22,25-27,33-34,39,42-48,56,60-61H,23-24,28-32H2,1-14H3,(H,54,63)(H,55,62);10-16,20,22,28-29,32,34,36-43,50,54-56H,17-19,21,23-27H2,1-9H3,(H,48,58)(H,49,57);1-4H2;5*1H4;2*1H2/t33-,34-,39+,42-,43-,44+,45-,46+,47-,48-;28-,29-,32?,34+,36?,37-,38-,39+,40-,41+,42-,43-;;;;;;;;/m00......../s1. The number of anilines is 1. The van der Waals surface area contributed by atoms with Gasteiger partial charge in [0, 0.05) is 123 Å². The molecule has 145 heavy (non-hydrogen) atoms. The first-order chi connectivity index (χ1) is 64.9. The largest absolute Gasteiger partial charge is 0.500 e. The number of hydrogen-bond donors (Lipinski definition) is 11. The SMILES string of the molecule is C.C.C.C.C.C1CCOC1.COC1=C(CN2O[C@@H](CO)[C@@H]([C@H](C)O)[C@H]2C(=O)N[C@H]2C[C@H]3C[C@@H]([C@@H]2C)C3(C)C)C=CCC1C1C=C(C(=O)N[C@H](CN(C)C)[C@@H](NS(C)(=O)=O)c2ccccc2)C=C(N(C)CCO)C1.COc1c(CN2O[C@@H](CO)[C@@H]([C@H](C)O)[C@H]2C(=O)N[C@H]2C[C@H]3C[C@@H]([C@@H]2C)C3(C)C)cccc1-c1cc(C(=O)N[C@H](CN(C)C)[C@@H](NS(C)(=O)=O)c2ccccc2)cc(N(C)CCO[Si](C)(C)C(C)(C)C)c1.S.S. The van der Waals surface area contributed by atoms with Gasteiger partial charge in [-0.15, -0.1) is 0 Å². The van der Waals surface area contributed by atoms with E-state index >= 15 is 0 Å². The lowest BCUT2D eigenvalue weighted by Crippen LogP contribution is -2.62. The highest BCUT2D eigenvalue weighted by Crippen LogP contribution is 2.63. The number of benzene rings is 4. The minimum atomic E-state index is -3.71. The average molecular weight is 2130 g/mol. The molecular weight excluding hydrogens is 1940 g/mol. The quantitative estimate of drug-likeness (QED) is 0.0184. The summed E-state index contributed by atoms with van der Waals surface area (Å²) in [5, 5.41) is 69.4. The number of sulfonamides is 2. The molecule has 0 aromatic heterocycles. The summed E-state index contributed by atoms with van der Waals surface area (Å²) in [5.74, 6) is 0.733. The molecule has 36 heteroatoms. The second kappa shape index (κ2) is 55.9. The number of nitrogens with one attached hydrogen (secondary N) is 6. The van der Waals surface area contributed by atoms with Gasteiger partial charge in [-0.2, -0.15) is 37.1 Å². The lowest BCUT2D eigenvalue weighted by molar-refractivity contribution is -0.183. The molecule has 31 nitrogen and oxygen atoms in total. The molecule has 9 fully saturated rings. The van der Waals surface area contributed by atoms with Crippen LogP contribution in [0, 0.1) is 70.0 Å². The van der Waals surface area contributed by atoms with Gasteiger partial charge in [-0.3, -0.25) is 28.9 Å². The number of carbonyl (C=O) groups is 4. The summed E-state index contributed by atoms with van der Waals surface area (Å²) in [5.41, 5.74) is 7.04. The Kier molecular flexibility index (Phi) is 50.3. The Morgan fingerprint density at radius 3 is 1.50 bits per heavy atom. The number of rotatable bonds is 40. The molecule has 0 spiro atoms. The van der Waals surface area contributed by atoms with Crippen molar-refractivity contribution in [2.75, 3.05) is 146 Å². The Labute approximate surface area is 885 Å². The van der Waals surface area contributed by atoms with Crippen molar-refractivity contribution in [3.8, 4) is 16.9 Å². The van der Waals surface area contributed by atoms with Gasteiger partial charge in [0.1, 0.15) is 35.8 Å². The second-order valence-electron chi connectivity index (χ2n) is 43.4. The zero-order valence-electron chi connectivity index (χ0n) is 86.8. The first-order valence-electron chi connectivity index (χ1n) is 49.4. The topological polar surface area (TPSA) is 385 Å². The van der Waals surface area contributed by atoms with Crippen LogP contribution < -0.4 is 40.3 Å². The molecule has 8 aliphatic carbocycles. The van der Waals surface area contributed by atoms with E-state index in [1.54, 1.807) is 44.3 Å². The third-order valence-corrected chi connectivity index (χ3v) is 37.4. The maximum absolute atomic E-state index is 14.8. The molecule has 4 aromatic rings. The molecule has 3 heterocycles. The average Bonchev–Trinajstić information content (AvgIpc) is 1.36. The van der Waals surface area contributed by atoms with Gasteiger partial charge < -0.3 is 85.0 Å². The van der Waals surface area contributed by atoms with Crippen molar-refractivity contribution in [1.29, 1.82) is 0 Å². The van der Waals surface area contributed by atoms with Gasteiger partial charge in [-0.1, -0.05) is 197 Å². The van der Waals surface area contributed by atoms with Crippen LogP contribution in [-0.4, -0.2) is 301 Å². The van der Waals surface area contributed by atoms with Crippen LogP contribution in [0.25, 0.3) is 11.1 Å².